The van der Waals surface area contributed by atoms with Crippen LogP contribution in [-0.4, -0.2) is 23.9 Å². The molecule has 1 aliphatic rings. The van der Waals surface area contributed by atoms with Gasteiger partial charge in [0.2, 0.25) is 0 Å². The van der Waals surface area contributed by atoms with Crippen molar-refractivity contribution >= 4 is 33.3 Å². The van der Waals surface area contributed by atoms with Crippen LogP contribution < -0.4 is 10.1 Å². The first kappa shape index (κ1) is 15.7. The molecule has 23 heavy (non-hydrogen) atoms. The number of aliphatic hydroxyl groups is 1. The van der Waals surface area contributed by atoms with E-state index in [0.717, 1.165) is 4.47 Å². The van der Waals surface area contributed by atoms with Crippen molar-refractivity contribution in [3.05, 3.63) is 58.1 Å². The summed E-state index contributed by atoms with van der Waals surface area (Å²) in [5.74, 6) is -0.391. The third-order valence-corrected chi connectivity index (χ3v) is 4.35. The van der Waals surface area contributed by atoms with Crippen molar-refractivity contribution in [1.82, 2.24) is 0 Å². The molecule has 2 aromatic carbocycles. The molecule has 0 bridgehead atoms. The van der Waals surface area contributed by atoms with Crippen LogP contribution in [-0.2, 0) is 10.4 Å². The first-order valence-corrected chi connectivity index (χ1v) is 7.74. The molecule has 0 fully saturated rings. The zero-order valence-electron chi connectivity index (χ0n) is 12.3. The Kier molecular flexibility index (Phi) is 3.95. The Morgan fingerprint density at radius 3 is 2.83 bits per heavy atom. The van der Waals surface area contributed by atoms with Crippen LogP contribution in [0.15, 0.2) is 46.9 Å². The number of halogens is 1. The van der Waals surface area contributed by atoms with E-state index in [0.29, 0.717) is 22.6 Å². The minimum absolute atomic E-state index is 0.338. The van der Waals surface area contributed by atoms with Crippen LogP contribution in [0, 0.1) is 0 Å². The van der Waals surface area contributed by atoms with E-state index in [4.69, 9.17) is 4.74 Å². The van der Waals surface area contributed by atoms with Crippen LogP contribution in [0.1, 0.15) is 22.3 Å². The van der Waals surface area contributed by atoms with Crippen LogP contribution in [0.4, 0.5) is 5.69 Å². The molecule has 0 radical (unpaired) electrons. The highest BCUT2D eigenvalue weighted by Gasteiger charge is 2.46. The number of methoxy groups -OCH3 is 1. The maximum atomic E-state index is 12.5. The Balaban J connectivity index is 1.94. The van der Waals surface area contributed by atoms with E-state index in [1.54, 1.807) is 42.5 Å². The van der Waals surface area contributed by atoms with Crippen molar-refractivity contribution in [2.75, 3.05) is 12.4 Å². The van der Waals surface area contributed by atoms with Gasteiger partial charge in [0.1, 0.15) is 5.75 Å². The molecule has 3 rings (SSSR count). The van der Waals surface area contributed by atoms with Gasteiger partial charge in [-0.15, -0.1) is 0 Å². The summed E-state index contributed by atoms with van der Waals surface area (Å²) in [5.41, 5.74) is -0.583. The van der Waals surface area contributed by atoms with Gasteiger partial charge in [0, 0.05) is 21.3 Å². The van der Waals surface area contributed by atoms with Gasteiger partial charge in [-0.2, -0.15) is 0 Å². The van der Waals surface area contributed by atoms with Crippen molar-refractivity contribution in [1.29, 1.82) is 0 Å². The quantitative estimate of drug-likeness (QED) is 0.805. The normalized spacial score (nSPS) is 19.2. The van der Waals surface area contributed by atoms with E-state index in [9.17, 15) is 14.7 Å². The third-order valence-electron chi connectivity index (χ3n) is 3.86. The molecule has 1 atom stereocenters. The molecule has 0 aromatic heterocycles. The number of carbonyl (C=O) groups is 2. The number of ketones is 1. The molecule has 5 nitrogen and oxygen atoms in total. The Bertz CT molecular complexity index is 805. The fourth-order valence-electron chi connectivity index (χ4n) is 2.62. The molecule has 0 saturated heterocycles. The minimum Gasteiger partial charge on any atom is -0.497 e. The fourth-order valence-corrected chi connectivity index (χ4v) is 2.98. The minimum atomic E-state index is -1.88. The average Bonchev–Trinajstić information content (AvgIpc) is 2.78. The number of Topliss-reactive ketones (excluding diaryl/α,β-unsaturated/α-hetero) is 1. The smallest absolute Gasteiger partial charge is 0.261 e. The second kappa shape index (κ2) is 5.79. The zero-order chi connectivity index (χ0) is 16.6. The summed E-state index contributed by atoms with van der Waals surface area (Å²) in [6.07, 6.45) is -0.338. The standard InChI is InChI=1S/C17H14BrNO4/c1-23-12-4-2-3-10(7-12)15(20)9-17(22)13-8-11(18)5-6-14(13)19-16(17)21/h2-8,22H,9H2,1H3,(H,19,21)/t17-/m0/s1. The zero-order valence-corrected chi connectivity index (χ0v) is 13.9. The second-order valence-electron chi connectivity index (χ2n) is 5.34. The van der Waals surface area contributed by atoms with E-state index < -0.39 is 11.5 Å². The second-order valence-corrected chi connectivity index (χ2v) is 6.25. The summed E-state index contributed by atoms with van der Waals surface area (Å²) in [6.45, 7) is 0. The molecule has 2 aromatic rings. The maximum absolute atomic E-state index is 12.5. The lowest BCUT2D eigenvalue weighted by Gasteiger charge is -2.20. The van der Waals surface area contributed by atoms with E-state index in [-0.39, 0.29) is 12.2 Å². The van der Waals surface area contributed by atoms with E-state index >= 15 is 0 Å². The van der Waals surface area contributed by atoms with Gasteiger partial charge in [0.15, 0.2) is 11.4 Å². The Hall–Kier alpha value is -2.18. The molecule has 118 valence electrons. The number of nitrogens with one attached hydrogen (secondary N) is 1. The predicted octanol–water partition coefficient (Wildman–Crippen LogP) is 2.87. The SMILES string of the molecule is COc1cccc(C(=O)C[C@@]2(O)C(=O)Nc3ccc(Br)cc32)c1. The molecular formula is C17H14BrNO4. The van der Waals surface area contributed by atoms with Crippen molar-refractivity contribution in [2.24, 2.45) is 0 Å². The molecule has 0 saturated carbocycles. The first-order valence-electron chi connectivity index (χ1n) is 6.95. The topological polar surface area (TPSA) is 75.6 Å². The number of anilines is 1. The van der Waals surface area contributed by atoms with Gasteiger partial charge < -0.3 is 15.2 Å². The van der Waals surface area contributed by atoms with Gasteiger partial charge in [0.05, 0.1) is 13.5 Å². The summed E-state index contributed by atoms with van der Waals surface area (Å²) < 4.78 is 5.82. The van der Waals surface area contributed by atoms with E-state index in [1.807, 2.05) is 0 Å². The molecule has 0 spiro atoms. The number of benzene rings is 2. The molecule has 0 unspecified atom stereocenters. The van der Waals surface area contributed by atoms with Crippen molar-refractivity contribution in [2.45, 2.75) is 12.0 Å². The number of amides is 1. The van der Waals surface area contributed by atoms with Gasteiger partial charge >= 0.3 is 0 Å². The predicted molar refractivity (Wildman–Crippen MR) is 88.6 cm³/mol. The first-order chi connectivity index (χ1) is 10.9. The largest absolute Gasteiger partial charge is 0.497 e. The Morgan fingerprint density at radius 2 is 2.09 bits per heavy atom. The van der Waals surface area contributed by atoms with Crippen LogP contribution >= 0.6 is 15.9 Å². The monoisotopic (exact) mass is 375 g/mol. The lowest BCUT2D eigenvalue weighted by atomic mass is 9.88. The third kappa shape index (κ3) is 2.75. The molecule has 0 aliphatic carbocycles. The van der Waals surface area contributed by atoms with Crippen LogP contribution in [0.2, 0.25) is 0 Å². The average molecular weight is 376 g/mol. The molecule has 2 N–H and O–H groups in total. The highest BCUT2D eigenvalue weighted by Crippen LogP contribution is 2.40. The number of fused-ring (bicyclic) bond motifs is 1. The highest BCUT2D eigenvalue weighted by molar-refractivity contribution is 9.10. The molecule has 1 aliphatic heterocycles. The van der Waals surface area contributed by atoms with E-state index in [2.05, 4.69) is 21.2 Å². The fraction of sp³-hybridized carbons (Fsp3) is 0.176. The molecule has 6 heteroatoms. The summed E-state index contributed by atoms with van der Waals surface area (Å²) in [7, 11) is 1.51. The summed E-state index contributed by atoms with van der Waals surface area (Å²) in [4.78, 5) is 24.7. The van der Waals surface area contributed by atoms with Crippen LogP contribution in [0.3, 0.4) is 0 Å². The van der Waals surface area contributed by atoms with Gasteiger partial charge in [0.25, 0.3) is 5.91 Å². The summed E-state index contributed by atoms with van der Waals surface area (Å²) in [5, 5.41) is 13.4. The number of ether oxygens (including phenoxy) is 1. The summed E-state index contributed by atoms with van der Waals surface area (Å²) >= 11 is 3.31. The molecule has 1 amide bonds. The number of rotatable bonds is 4. The molecule has 1 heterocycles. The Morgan fingerprint density at radius 1 is 1.30 bits per heavy atom. The van der Waals surface area contributed by atoms with Gasteiger partial charge in [-0.1, -0.05) is 28.1 Å². The van der Waals surface area contributed by atoms with E-state index in [1.165, 1.54) is 7.11 Å². The lowest BCUT2D eigenvalue weighted by Crippen LogP contribution is -2.36. The van der Waals surface area contributed by atoms with Crippen molar-refractivity contribution in [3.8, 4) is 5.75 Å². The van der Waals surface area contributed by atoms with Gasteiger partial charge in [-0.25, -0.2) is 0 Å². The van der Waals surface area contributed by atoms with Gasteiger partial charge in [-0.05, 0) is 30.3 Å². The number of carbonyl (C=O) groups excluding carboxylic acids is 2. The van der Waals surface area contributed by atoms with Crippen LogP contribution in [0.5, 0.6) is 5.75 Å². The summed E-state index contributed by atoms with van der Waals surface area (Å²) in [6, 6.07) is 11.7. The lowest BCUT2D eigenvalue weighted by molar-refractivity contribution is -0.133. The maximum Gasteiger partial charge on any atom is 0.261 e. The number of hydrogen-bond acceptors (Lipinski definition) is 4. The van der Waals surface area contributed by atoms with Gasteiger partial charge in [-0.3, -0.25) is 9.59 Å². The highest BCUT2D eigenvalue weighted by atomic mass is 79.9. The molecular weight excluding hydrogens is 362 g/mol. The number of hydrogen-bond donors (Lipinski definition) is 2. The van der Waals surface area contributed by atoms with Crippen LogP contribution in [0.25, 0.3) is 0 Å². The van der Waals surface area contributed by atoms with Crippen molar-refractivity contribution in [3.63, 3.8) is 0 Å². The van der Waals surface area contributed by atoms with Crippen molar-refractivity contribution < 1.29 is 19.4 Å². The Labute approximate surface area is 141 Å².